The maximum absolute atomic E-state index is 10.5. The van der Waals surface area contributed by atoms with Crippen LogP contribution in [-0.2, 0) is 11.2 Å². The lowest BCUT2D eigenvalue weighted by Crippen LogP contribution is -2.42. The van der Waals surface area contributed by atoms with Gasteiger partial charge in [-0.05, 0) is 5.56 Å². The highest BCUT2D eigenvalue weighted by Gasteiger charge is 2.22. The molecular weight excluding hydrogens is 228 g/mol. The van der Waals surface area contributed by atoms with Gasteiger partial charge in [0.15, 0.2) is 0 Å². The van der Waals surface area contributed by atoms with Crippen LogP contribution in [0.3, 0.4) is 0 Å². The predicted octanol–water partition coefficient (Wildman–Crippen LogP) is -0.0899. The van der Waals surface area contributed by atoms with Crippen LogP contribution in [0.5, 0.6) is 0 Å². The number of non-ortho nitro benzene ring substituents is 1. The molecule has 7 heteroatoms. The van der Waals surface area contributed by atoms with E-state index in [1.54, 1.807) is 0 Å². The SMILES string of the molecule is N[C@H](C(=O)O)[C@H](O)Cc1ccc([N+](=O)[O-])cc1. The third kappa shape index (κ3) is 3.51. The molecule has 7 nitrogen and oxygen atoms in total. The van der Waals surface area contributed by atoms with Crippen molar-refractivity contribution >= 4 is 11.7 Å². The number of hydrogen-bond acceptors (Lipinski definition) is 5. The van der Waals surface area contributed by atoms with Crippen molar-refractivity contribution in [2.45, 2.75) is 18.6 Å². The predicted molar refractivity (Wildman–Crippen MR) is 58.4 cm³/mol. The first-order chi connectivity index (χ1) is 7.91. The van der Waals surface area contributed by atoms with E-state index in [9.17, 15) is 20.0 Å². The number of nitrogens with two attached hydrogens (primary N) is 1. The second-order valence-electron chi connectivity index (χ2n) is 3.56. The largest absolute Gasteiger partial charge is 0.480 e. The number of rotatable bonds is 5. The van der Waals surface area contributed by atoms with Crippen molar-refractivity contribution in [3.8, 4) is 0 Å². The fourth-order valence-electron chi connectivity index (χ4n) is 1.29. The van der Waals surface area contributed by atoms with E-state index in [1.165, 1.54) is 24.3 Å². The summed E-state index contributed by atoms with van der Waals surface area (Å²) in [7, 11) is 0. The third-order valence-corrected chi connectivity index (χ3v) is 2.29. The van der Waals surface area contributed by atoms with Gasteiger partial charge in [0.2, 0.25) is 0 Å². The Balaban J connectivity index is 2.69. The molecule has 4 N–H and O–H groups in total. The third-order valence-electron chi connectivity index (χ3n) is 2.29. The molecule has 2 atom stereocenters. The smallest absolute Gasteiger partial charge is 0.323 e. The minimum atomic E-state index is -1.37. The summed E-state index contributed by atoms with van der Waals surface area (Å²) in [4.78, 5) is 20.4. The average molecular weight is 240 g/mol. The number of carboxylic acid groups (broad SMARTS) is 1. The standard InChI is InChI=1S/C10H12N2O5/c11-9(10(14)15)8(13)5-6-1-3-7(4-2-6)12(16)17/h1-4,8-9,13H,5,11H2,(H,14,15)/t8-,9+/m1/s1. The molecule has 0 radical (unpaired) electrons. The molecule has 0 aliphatic carbocycles. The number of aliphatic hydroxyl groups excluding tert-OH is 1. The molecule has 0 aromatic heterocycles. The molecule has 0 heterocycles. The van der Waals surface area contributed by atoms with Crippen LogP contribution in [0.4, 0.5) is 5.69 Å². The topological polar surface area (TPSA) is 127 Å². The van der Waals surface area contributed by atoms with Gasteiger partial charge in [-0.15, -0.1) is 0 Å². The molecule has 0 aliphatic heterocycles. The Morgan fingerprint density at radius 2 is 1.94 bits per heavy atom. The number of nitro benzene ring substituents is 1. The maximum Gasteiger partial charge on any atom is 0.323 e. The fourth-order valence-corrected chi connectivity index (χ4v) is 1.29. The van der Waals surface area contributed by atoms with E-state index in [-0.39, 0.29) is 12.1 Å². The summed E-state index contributed by atoms with van der Waals surface area (Å²) in [6, 6.07) is 4.11. The van der Waals surface area contributed by atoms with Gasteiger partial charge < -0.3 is 15.9 Å². The lowest BCUT2D eigenvalue weighted by Gasteiger charge is -2.14. The van der Waals surface area contributed by atoms with Crippen LogP contribution in [0.1, 0.15) is 5.56 Å². The molecule has 0 saturated heterocycles. The van der Waals surface area contributed by atoms with E-state index in [0.29, 0.717) is 5.56 Å². The van der Waals surface area contributed by atoms with Gasteiger partial charge >= 0.3 is 5.97 Å². The normalized spacial score (nSPS) is 14.0. The van der Waals surface area contributed by atoms with Gasteiger partial charge in [-0.2, -0.15) is 0 Å². The molecule has 0 fully saturated rings. The van der Waals surface area contributed by atoms with Gasteiger partial charge in [-0.25, -0.2) is 0 Å². The number of nitro groups is 1. The number of benzene rings is 1. The second-order valence-corrected chi connectivity index (χ2v) is 3.56. The first-order valence-corrected chi connectivity index (χ1v) is 4.81. The number of carbonyl (C=O) groups is 1. The molecule has 0 aliphatic rings. The van der Waals surface area contributed by atoms with Crippen molar-refractivity contribution in [1.82, 2.24) is 0 Å². The van der Waals surface area contributed by atoms with Gasteiger partial charge in [0, 0.05) is 18.6 Å². The van der Waals surface area contributed by atoms with Gasteiger partial charge in [0.1, 0.15) is 6.04 Å². The Bertz CT molecular complexity index is 417. The lowest BCUT2D eigenvalue weighted by molar-refractivity contribution is -0.384. The van der Waals surface area contributed by atoms with Crippen LogP contribution in [0.2, 0.25) is 0 Å². The number of aliphatic hydroxyl groups is 1. The van der Waals surface area contributed by atoms with E-state index < -0.39 is 23.0 Å². The van der Waals surface area contributed by atoms with Gasteiger partial charge in [0.25, 0.3) is 5.69 Å². The number of nitrogens with zero attached hydrogens (tertiary/aromatic N) is 1. The molecule has 92 valence electrons. The maximum atomic E-state index is 10.5. The van der Waals surface area contributed by atoms with Gasteiger partial charge in [-0.1, -0.05) is 12.1 Å². The molecular formula is C10H12N2O5. The van der Waals surface area contributed by atoms with E-state index in [4.69, 9.17) is 10.8 Å². The van der Waals surface area contributed by atoms with Gasteiger partial charge in [-0.3, -0.25) is 14.9 Å². The van der Waals surface area contributed by atoms with E-state index >= 15 is 0 Å². The van der Waals surface area contributed by atoms with E-state index in [1.807, 2.05) is 0 Å². The molecule has 0 amide bonds. The first-order valence-electron chi connectivity index (χ1n) is 4.81. The Morgan fingerprint density at radius 1 is 1.41 bits per heavy atom. The molecule has 0 unspecified atom stereocenters. The lowest BCUT2D eigenvalue weighted by atomic mass is 10.0. The number of aliphatic carboxylic acids is 1. The van der Waals surface area contributed by atoms with Crippen molar-refractivity contribution in [3.63, 3.8) is 0 Å². The zero-order valence-electron chi connectivity index (χ0n) is 8.81. The van der Waals surface area contributed by atoms with Crippen LogP contribution < -0.4 is 5.73 Å². The Hall–Kier alpha value is -1.99. The van der Waals surface area contributed by atoms with Crippen LogP contribution in [0, 0.1) is 10.1 Å². The van der Waals surface area contributed by atoms with E-state index in [2.05, 4.69) is 0 Å². The highest BCUT2D eigenvalue weighted by molar-refractivity contribution is 5.73. The van der Waals surface area contributed by atoms with Crippen molar-refractivity contribution in [3.05, 3.63) is 39.9 Å². The zero-order valence-corrected chi connectivity index (χ0v) is 8.81. The number of carboxylic acids is 1. The second kappa shape index (κ2) is 5.37. The quantitative estimate of drug-likeness (QED) is 0.487. The fraction of sp³-hybridized carbons (Fsp3) is 0.300. The zero-order chi connectivity index (χ0) is 13.0. The Morgan fingerprint density at radius 3 is 2.35 bits per heavy atom. The minimum absolute atomic E-state index is 0.0332. The van der Waals surface area contributed by atoms with Crippen molar-refractivity contribution in [1.29, 1.82) is 0 Å². The Labute approximate surface area is 96.6 Å². The van der Waals surface area contributed by atoms with E-state index in [0.717, 1.165) is 0 Å². The van der Waals surface area contributed by atoms with Gasteiger partial charge in [0.05, 0.1) is 11.0 Å². The summed E-state index contributed by atoms with van der Waals surface area (Å²) in [5.41, 5.74) is 5.75. The summed E-state index contributed by atoms with van der Waals surface area (Å²) in [5, 5.41) is 28.4. The molecule has 0 bridgehead atoms. The van der Waals surface area contributed by atoms with Crippen molar-refractivity contribution < 1.29 is 19.9 Å². The van der Waals surface area contributed by atoms with Crippen LogP contribution >= 0.6 is 0 Å². The summed E-state index contributed by atoms with van der Waals surface area (Å²) in [6.07, 6.45) is -1.19. The van der Waals surface area contributed by atoms with Crippen molar-refractivity contribution in [2.24, 2.45) is 5.73 Å². The number of hydrogen-bond donors (Lipinski definition) is 3. The van der Waals surface area contributed by atoms with Crippen molar-refractivity contribution in [2.75, 3.05) is 0 Å². The molecule has 1 aromatic rings. The highest BCUT2D eigenvalue weighted by atomic mass is 16.6. The Kier molecular flexibility index (Phi) is 4.13. The minimum Gasteiger partial charge on any atom is -0.480 e. The summed E-state index contributed by atoms with van der Waals surface area (Å²) in [6.45, 7) is 0. The molecule has 0 saturated carbocycles. The van der Waals surface area contributed by atoms with Crippen LogP contribution in [0.25, 0.3) is 0 Å². The average Bonchev–Trinajstić information content (AvgIpc) is 2.28. The summed E-state index contributed by atoms with van der Waals surface area (Å²) in [5.74, 6) is -1.29. The summed E-state index contributed by atoms with van der Waals surface area (Å²) >= 11 is 0. The molecule has 17 heavy (non-hydrogen) atoms. The summed E-state index contributed by atoms with van der Waals surface area (Å²) < 4.78 is 0. The molecule has 0 spiro atoms. The highest BCUT2D eigenvalue weighted by Crippen LogP contribution is 2.13. The monoisotopic (exact) mass is 240 g/mol. The molecule has 1 aromatic carbocycles. The molecule has 1 rings (SSSR count). The van der Waals surface area contributed by atoms with Crippen LogP contribution in [-0.4, -0.2) is 33.3 Å². The van der Waals surface area contributed by atoms with Crippen LogP contribution in [0.15, 0.2) is 24.3 Å². The first kappa shape index (κ1) is 13.1.